The van der Waals surface area contributed by atoms with Crippen LogP contribution in [0.5, 0.6) is 0 Å². The van der Waals surface area contributed by atoms with Gasteiger partial charge in [-0.25, -0.2) is 12.8 Å². The van der Waals surface area contributed by atoms with Crippen LogP contribution in [-0.2, 0) is 9.84 Å². The molecule has 0 aliphatic heterocycles. The Balaban J connectivity index is 2.70. The van der Waals surface area contributed by atoms with Gasteiger partial charge in [0.1, 0.15) is 11.6 Å². The highest BCUT2D eigenvalue weighted by Gasteiger charge is 2.19. The fourth-order valence-electron chi connectivity index (χ4n) is 1.68. The fourth-order valence-corrected chi connectivity index (χ4v) is 3.68. The minimum absolute atomic E-state index is 0.0387. The molecule has 1 heterocycles. The van der Waals surface area contributed by atoms with Crippen molar-refractivity contribution >= 4 is 27.4 Å². The molecule has 0 atom stereocenters. The van der Waals surface area contributed by atoms with Crippen LogP contribution in [0.2, 0.25) is 0 Å². The van der Waals surface area contributed by atoms with E-state index in [0.717, 1.165) is 18.0 Å². The van der Waals surface area contributed by atoms with Crippen LogP contribution in [0, 0.1) is 5.82 Å². The Morgan fingerprint density at radius 3 is 2.53 bits per heavy atom. The van der Waals surface area contributed by atoms with E-state index in [-0.39, 0.29) is 15.6 Å². The van der Waals surface area contributed by atoms with Gasteiger partial charge in [0.2, 0.25) is 0 Å². The van der Waals surface area contributed by atoms with Crippen LogP contribution in [0.15, 0.2) is 28.0 Å². The summed E-state index contributed by atoms with van der Waals surface area (Å²) in [5.41, 5.74) is 6.33. The van der Waals surface area contributed by atoms with Gasteiger partial charge in [0.05, 0.1) is 15.5 Å². The molecule has 0 saturated heterocycles. The second-order valence-electron chi connectivity index (χ2n) is 3.97. The molecule has 0 unspecified atom stereocenters. The minimum atomic E-state index is -3.52. The molecule has 0 fully saturated rings. The second kappa shape index (κ2) is 4.86. The molecule has 19 heavy (non-hydrogen) atoms. The van der Waals surface area contributed by atoms with E-state index >= 15 is 0 Å². The normalized spacial score (nSPS) is 11.7. The summed E-state index contributed by atoms with van der Waals surface area (Å²) >= 11 is 1.05. The largest absolute Gasteiger partial charge is 0.382 e. The van der Waals surface area contributed by atoms with Gasteiger partial charge in [0.15, 0.2) is 9.84 Å². The van der Waals surface area contributed by atoms with Gasteiger partial charge in [-0.2, -0.15) is 5.10 Å². The van der Waals surface area contributed by atoms with Crippen molar-refractivity contribution in [1.29, 1.82) is 0 Å². The van der Waals surface area contributed by atoms with E-state index in [1.54, 1.807) is 6.26 Å². The molecule has 0 aliphatic rings. The Hall–Kier alpha value is -1.54. The summed E-state index contributed by atoms with van der Waals surface area (Å²) in [6.07, 6.45) is 2.67. The molecule has 2 rings (SSSR count). The number of nitrogen functional groups attached to an aromatic ring is 1. The van der Waals surface area contributed by atoms with Gasteiger partial charge in [-0.05, 0) is 18.4 Å². The molecule has 8 heteroatoms. The first-order chi connectivity index (χ1) is 8.82. The van der Waals surface area contributed by atoms with Crippen LogP contribution in [0.25, 0.3) is 11.3 Å². The smallest absolute Gasteiger partial charge is 0.176 e. The van der Waals surface area contributed by atoms with Crippen LogP contribution < -0.4 is 5.73 Å². The quantitative estimate of drug-likeness (QED) is 0.846. The third-order valence-corrected chi connectivity index (χ3v) is 4.60. The lowest BCUT2D eigenvalue weighted by atomic mass is 10.1. The molecule has 1 aromatic carbocycles. The van der Waals surface area contributed by atoms with Crippen molar-refractivity contribution in [2.75, 3.05) is 18.2 Å². The zero-order valence-corrected chi connectivity index (χ0v) is 11.9. The Labute approximate surface area is 114 Å². The van der Waals surface area contributed by atoms with Crippen molar-refractivity contribution in [2.24, 2.45) is 0 Å². The Bertz CT molecular complexity index is 726. The van der Waals surface area contributed by atoms with E-state index in [2.05, 4.69) is 10.2 Å². The standard InChI is InChI=1S/C11H12FN3O2S2/c1-18-11-7(12)3-6(4-9(11)19(2,16)17)8-5-10(13)15-14-8/h3-5H,1-2H3,(H3,13,14,15). The van der Waals surface area contributed by atoms with Gasteiger partial charge in [-0.3, -0.25) is 5.10 Å². The number of H-pyrrole nitrogens is 1. The number of anilines is 1. The highest BCUT2D eigenvalue weighted by Crippen LogP contribution is 2.32. The van der Waals surface area contributed by atoms with Crippen LogP contribution in [0.3, 0.4) is 0 Å². The predicted molar refractivity (Wildman–Crippen MR) is 73.3 cm³/mol. The van der Waals surface area contributed by atoms with Crippen LogP contribution in [0.1, 0.15) is 0 Å². The number of sulfone groups is 1. The molecule has 0 radical (unpaired) electrons. The van der Waals surface area contributed by atoms with Crippen molar-refractivity contribution < 1.29 is 12.8 Å². The topological polar surface area (TPSA) is 88.8 Å². The average Bonchev–Trinajstić information content (AvgIpc) is 2.73. The number of hydrogen-bond acceptors (Lipinski definition) is 5. The van der Waals surface area contributed by atoms with E-state index < -0.39 is 15.7 Å². The molecule has 0 saturated carbocycles. The van der Waals surface area contributed by atoms with E-state index in [4.69, 9.17) is 5.73 Å². The summed E-state index contributed by atoms with van der Waals surface area (Å²) in [6.45, 7) is 0. The molecule has 0 spiro atoms. The lowest BCUT2D eigenvalue weighted by Crippen LogP contribution is -2.02. The van der Waals surface area contributed by atoms with Crippen molar-refractivity contribution in [2.45, 2.75) is 9.79 Å². The zero-order chi connectivity index (χ0) is 14.2. The van der Waals surface area contributed by atoms with Crippen molar-refractivity contribution in [3.8, 4) is 11.3 Å². The Morgan fingerprint density at radius 1 is 1.37 bits per heavy atom. The molecule has 102 valence electrons. The van der Waals surface area contributed by atoms with Crippen molar-refractivity contribution in [3.05, 3.63) is 24.0 Å². The van der Waals surface area contributed by atoms with E-state index in [1.807, 2.05) is 0 Å². The number of hydrogen-bond donors (Lipinski definition) is 2. The minimum Gasteiger partial charge on any atom is -0.382 e. The fraction of sp³-hybridized carbons (Fsp3) is 0.182. The molecule has 5 nitrogen and oxygen atoms in total. The highest BCUT2D eigenvalue weighted by atomic mass is 32.2. The van der Waals surface area contributed by atoms with Gasteiger partial charge in [0, 0.05) is 17.9 Å². The zero-order valence-electron chi connectivity index (χ0n) is 10.3. The van der Waals surface area contributed by atoms with Gasteiger partial charge in [-0.15, -0.1) is 11.8 Å². The summed E-state index contributed by atoms with van der Waals surface area (Å²) in [7, 11) is -3.52. The maximum Gasteiger partial charge on any atom is 0.176 e. The summed E-state index contributed by atoms with van der Waals surface area (Å²) in [5.74, 6) is -0.330. The van der Waals surface area contributed by atoms with Gasteiger partial charge < -0.3 is 5.73 Å². The first-order valence-electron chi connectivity index (χ1n) is 5.21. The van der Waals surface area contributed by atoms with Crippen LogP contribution >= 0.6 is 11.8 Å². The number of halogens is 1. The molecule has 0 bridgehead atoms. The van der Waals surface area contributed by atoms with Crippen LogP contribution in [-0.4, -0.2) is 31.1 Å². The molecule has 2 aromatic rings. The predicted octanol–water partition coefficient (Wildman–Crippen LogP) is 1.92. The maximum absolute atomic E-state index is 14.0. The molecule has 1 aromatic heterocycles. The van der Waals surface area contributed by atoms with Crippen LogP contribution in [0.4, 0.5) is 10.2 Å². The lowest BCUT2D eigenvalue weighted by molar-refractivity contribution is 0.578. The summed E-state index contributed by atoms with van der Waals surface area (Å²) < 4.78 is 37.4. The van der Waals surface area contributed by atoms with Crippen molar-refractivity contribution in [3.63, 3.8) is 0 Å². The monoisotopic (exact) mass is 301 g/mol. The summed E-state index contributed by atoms with van der Waals surface area (Å²) in [4.78, 5) is 0.0712. The number of aromatic nitrogens is 2. The van der Waals surface area contributed by atoms with E-state index in [1.165, 1.54) is 18.2 Å². The molecular weight excluding hydrogens is 289 g/mol. The number of aromatic amines is 1. The number of nitrogens with one attached hydrogen (secondary N) is 1. The summed E-state index contributed by atoms with van der Waals surface area (Å²) in [5, 5.41) is 6.35. The Kier molecular flexibility index (Phi) is 3.55. The average molecular weight is 301 g/mol. The lowest BCUT2D eigenvalue weighted by Gasteiger charge is -2.09. The SMILES string of the molecule is CSc1c(F)cc(-c2cc(N)n[nH]2)cc1S(C)(=O)=O. The molecule has 3 N–H and O–H groups in total. The summed E-state index contributed by atoms with van der Waals surface area (Å²) in [6, 6.07) is 4.18. The molecule has 0 aliphatic carbocycles. The number of benzene rings is 1. The Morgan fingerprint density at radius 2 is 2.05 bits per heavy atom. The van der Waals surface area contributed by atoms with E-state index in [0.29, 0.717) is 11.3 Å². The van der Waals surface area contributed by atoms with E-state index in [9.17, 15) is 12.8 Å². The highest BCUT2D eigenvalue weighted by molar-refractivity contribution is 7.99. The number of thioether (sulfide) groups is 1. The first-order valence-corrected chi connectivity index (χ1v) is 8.33. The number of rotatable bonds is 3. The number of nitrogens with zero attached hydrogens (tertiary/aromatic N) is 1. The van der Waals surface area contributed by atoms with Gasteiger partial charge >= 0.3 is 0 Å². The third kappa shape index (κ3) is 2.74. The van der Waals surface area contributed by atoms with Gasteiger partial charge in [-0.1, -0.05) is 0 Å². The molecule has 0 amide bonds. The number of nitrogens with two attached hydrogens (primary N) is 1. The maximum atomic E-state index is 14.0. The third-order valence-electron chi connectivity index (χ3n) is 2.52. The van der Waals surface area contributed by atoms with Gasteiger partial charge in [0.25, 0.3) is 0 Å². The molecular formula is C11H12FN3O2S2. The van der Waals surface area contributed by atoms with Crippen molar-refractivity contribution in [1.82, 2.24) is 10.2 Å². The second-order valence-corrected chi connectivity index (χ2v) is 6.77. The first kappa shape index (κ1) is 13.9.